The molecule has 2 atom stereocenters. The van der Waals surface area contributed by atoms with Gasteiger partial charge in [0.25, 0.3) is 5.91 Å². The van der Waals surface area contributed by atoms with Crippen LogP contribution >= 0.6 is 0 Å². The SMILES string of the molecule is CCn1nc(C(=O)NCc2ccc(NC(=O)N(C)C)cc2)c2c1C(C)C(C)NC2. The zero-order valence-corrected chi connectivity index (χ0v) is 17.7. The number of aryl methyl sites for hydroxylation is 1. The number of hydrogen-bond acceptors (Lipinski definition) is 4. The fourth-order valence-corrected chi connectivity index (χ4v) is 3.50. The molecule has 0 saturated heterocycles. The lowest BCUT2D eigenvalue weighted by molar-refractivity contribution is 0.0944. The monoisotopic (exact) mass is 398 g/mol. The van der Waals surface area contributed by atoms with Crippen LogP contribution in [0.3, 0.4) is 0 Å². The van der Waals surface area contributed by atoms with Gasteiger partial charge in [-0.15, -0.1) is 0 Å². The number of nitrogens with zero attached hydrogens (tertiary/aromatic N) is 3. The van der Waals surface area contributed by atoms with Crippen molar-refractivity contribution in [3.8, 4) is 0 Å². The van der Waals surface area contributed by atoms with E-state index in [1.165, 1.54) is 4.90 Å². The van der Waals surface area contributed by atoms with Crippen molar-refractivity contribution in [1.29, 1.82) is 0 Å². The van der Waals surface area contributed by atoms with Gasteiger partial charge in [-0.2, -0.15) is 5.10 Å². The largest absolute Gasteiger partial charge is 0.347 e. The first-order valence-electron chi connectivity index (χ1n) is 10.00. The molecular weight excluding hydrogens is 368 g/mol. The second-order valence-electron chi connectivity index (χ2n) is 7.69. The van der Waals surface area contributed by atoms with Crippen LogP contribution in [0.25, 0.3) is 0 Å². The minimum atomic E-state index is -0.181. The number of nitrogens with one attached hydrogen (secondary N) is 3. The highest BCUT2D eigenvalue weighted by Crippen LogP contribution is 2.30. The van der Waals surface area contributed by atoms with E-state index in [2.05, 4.69) is 34.9 Å². The lowest BCUT2D eigenvalue weighted by atomic mass is 9.91. The molecule has 156 valence electrons. The Balaban J connectivity index is 1.67. The summed E-state index contributed by atoms with van der Waals surface area (Å²) in [5, 5.41) is 13.8. The molecule has 0 spiro atoms. The number of hydrogen-bond donors (Lipinski definition) is 3. The summed E-state index contributed by atoms with van der Waals surface area (Å²) < 4.78 is 1.95. The molecule has 3 rings (SSSR count). The van der Waals surface area contributed by atoms with E-state index < -0.39 is 0 Å². The van der Waals surface area contributed by atoms with Gasteiger partial charge in [-0.05, 0) is 31.5 Å². The van der Waals surface area contributed by atoms with Gasteiger partial charge in [-0.3, -0.25) is 9.48 Å². The molecule has 1 aliphatic rings. The van der Waals surface area contributed by atoms with Crippen LogP contribution in [0.1, 0.15) is 54.0 Å². The molecular formula is C21H30N6O2. The maximum absolute atomic E-state index is 12.8. The first-order chi connectivity index (χ1) is 13.8. The van der Waals surface area contributed by atoms with Gasteiger partial charge < -0.3 is 20.9 Å². The van der Waals surface area contributed by atoms with E-state index in [0.29, 0.717) is 36.4 Å². The van der Waals surface area contributed by atoms with Gasteiger partial charge in [0.2, 0.25) is 0 Å². The molecule has 0 radical (unpaired) electrons. The summed E-state index contributed by atoms with van der Waals surface area (Å²) in [6.07, 6.45) is 0. The normalized spacial score (nSPS) is 18.1. The Morgan fingerprint density at radius 3 is 2.55 bits per heavy atom. The Kier molecular flexibility index (Phi) is 6.22. The maximum atomic E-state index is 12.8. The molecule has 3 N–H and O–H groups in total. The highest BCUT2D eigenvalue weighted by Gasteiger charge is 2.31. The van der Waals surface area contributed by atoms with Crippen molar-refractivity contribution >= 4 is 17.6 Å². The van der Waals surface area contributed by atoms with Crippen LogP contribution < -0.4 is 16.0 Å². The van der Waals surface area contributed by atoms with Crippen molar-refractivity contribution in [2.45, 2.75) is 52.4 Å². The molecule has 3 amide bonds. The second kappa shape index (κ2) is 8.65. The van der Waals surface area contributed by atoms with E-state index in [0.717, 1.165) is 23.4 Å². The standard InChI is InChI=1S/C21H30N6O2/c1-6-27-19-13(2)14(3)22-12-17(19)18(25-27)20(28)23-11-15-7-9-16(10-8-15)24-21(29)26(4)5/h7-10,13-14,22H,6,11-12H2,1-5H3,(H,23,28)(H,24,29). The average Bonchev–Trinajstić information content (AvgIpc) is 3.09. The summed E-state index contributed by atoms with van der Waals surface area (Å²) >= 11 is 0. The first kappa shape index (κ1) is 20.9. The van der Waals surface area contributed by atoms with Crippen LogP contribution in [0.5, 0.6) is 0 Å². The topological polar surface area (TPSA) is 91.3 Å². The number of urea groups is 1. The fourth-order valence-electron chi connectivity index (χ4n) is 3.50. The predicted octanol–water partition coefficient (Wildman–Crippen LogP) is 2.52. The number of rotatable bonds is 5. The van der Waals surface area contributed by atoms with E-state index >= 15 is 0 Å². The average molecular weight is 399 g/mol. The van der Waals surface area contributed by atoms with Crippen LogP contribution in [0.2, 0.25) is 0 Å². The Hall–Kier alpha value is -2.87. The molecule has 0 fully saturated rings. The summed E-state index contributed by atoms with van der Waals surface area (Å²) in [5.41, 5.74) is 4.32. The fraction of sp³-hybridized carbons (Fsp3) is 0.476. The zero-order valence-electron chi connectivity index (χ0n) is 17.7. The third kappa shape index (κ3) is 4.42. The van der Waals surface area contributed by atoms with E-state index in [1.54, 1.807) is 14.1 Å². The minimum Gasteiger partial charge on any atom is -0.347 e. The molecule has 8 nitrogen and oxygen atoms in total. The lowest BCUT2D eigenvalue weighted by Gasteiger charge is -2.28. The summed E-state index contributed by atoms with van der Waals surface area (Å²) in [7, 11) is 3.38. The summed E-state index contributed by atoms with van der Waals surface area (Å²) in [6.45, 7) is 8.17. The molecule has 2 unspecified atom stereocenters. The predicted molar refractivity (Wildman–Crippen MR) is 113 cm³/mol. The molecule has 1 aromatic heterocycles. The minimum absolute atomic E-state index is 0.165. The Morgan fingerprint density at radius 2 is 1.93 bits per heavy atom. The van der Waals surface area contributed by atoms with Crippen molar-refractivity contribution in [2.75, 3.05) is 19.4 Å². The molecule has 1 aliphatic heterocycles. The van der Waals surface area contributed by atoms with Gasteiger partial charge in [-0.25, -0.2) is 4.79 Å². The third-order valence-corrected chi connectivity index (χ3v) is 5.46. The number of carbonyl (C=O) groups excluding carboxylic acids is 2. The molecule has 0 saturated carbocycles. The van der Waals surface area contributed by atoms with Gasteiger partial charge in [0, 0.05) is 62.6 Å². The smallest absolute Gasteiger partial charge is 0.321 e. The number of aromatic nitrogens is 2. The van der Waals surface area contributed by atoms with E-state index in [9.17, 15) is 9.59 Å². The number of benzene rings is 1. The lowest BCUT2D eigenvalue weighted by Crippen LogP contribution is -2.37. The van der Waals surface area contributed by atoms with Crippen molar-refractivity contribution < 1.29 is 9.59 Å². The highest BCUT2D eigenvalue weighted by molar-refractivity contribution is 5.94. The first-order valence-corrected chi connectivity index (χ1v) is 10.00. The molecule has 0 aliphatic carbocycles. The summed E-state index contributed by atoms with van der Waals surface area (Å²) in [6, 6.07) is 7.59. The van der Waals surface area contributed by atoms with Crippen molar-refractivity contribution in [2.24, 2.45) is 0 Å². The number of anilines is 1. The molecule has 2 aromatic rings. The molecule has 8 heteroatoms. The Bertz CT molecular complexity index is 887. The number of fused-ring (bicyclic) bond motifs is 1. The summed E-state index contributed by atoms with van der Waals surface area (Å²) in [4.78, 5) is 26.0. The Labute approximate surface area is 171 Å². The van der Waals surface area contributed by atoms with Gasteiger partial charge >= 0.3 is 6.03 Å². The summed E-state index contributed by atoms with van der Waals surface area (Å²) in [5.74, 6) is 0.139. The quantitative estimate of drug-likeness (QED) is 0.722. The van der Waals surface area contributed by atoms with Crippen LogP contribution in [-0.4, -0.2) is 46.8 Å². The Morgan fingerprint density at radius 1 is 1.24 bits per heavy atom. The molecule has 2 heterocycles. The third-order valence-electron chi connectivity index (χ3n) is 5.46. The van der Waals surface area contributed by atoms with E-state index in [1.807, 2.05) is 35.9 Å². The van der Waals surface area contributed by atoms with Crippen LogP contribution in [0.15, 0.2) is 24.3 Å². The second-order valence-corrected chi connectivity index (χ2v) is 7.69. The van der Waals surface area contributed by atoms with Crippen LogP contribution in [0, 0.1) is 0 Å². The molecule has 1 aromatic carbocycles. The van der Waals surface area contributed by atoms with Gasteiger partial charge in [0.15, 0.2) is 5.69 Å². The number of amides is 3. The van der Waals surface area contributed by atoms with Gasteiger partial charge in [-0.1, -0.05) is 19.1 Å². The van der Waals surface area contributed by atoms with Crippen molar-refractivity contribution in [3.63, 3.8) is 0 Å². The van der Waals surface area contributed by atoms with Crippen molar-refractivity contribution in [1.82, 2.24) is 25.3 Å². The van der Waals surface area contributed by atoms with Crippen LogP contribution in [-0.2, 0) is 19.6 Å². The number of carbonyl (C=O) groups is 2. The van der Waals surface area contributed by atoms with E-state index in [4.69, 9.17) is 0 Å². The zero-order chi connectivity index (χ0) is 21.1. The van der Waals surface area contributed by atoms with Gasteiger partial charge in [0.1, 0.15) is 0 Å². The van der Waals surface area contributed by atoms with Crippen molar-refractivity contribution in [3.05, 3.63) is 46.8 Å². The van der Waals surface area contributed by atoms with Crippen LogP contribution in [0.4, 0.5) is 10.5 Å². The maximum Gasteiger partial charge on any atom is 0.321 e. The molecule has 29 heavy (non-hydrogen) atoms. The van der Waals surface area contributed by atoms with E-state index in [-0.39, 0.29) is 11.9 Å². The molecule has 0 bridgehead atoms. The highest BCUT2D eigenvalue weighted by atomic mass is 16.2. The van der Waals surface area contributed by atoms with Gasteiger partial charge in [0.05, 0.1) is 0 Å².